The van der Waals surface area contributed by atoms with Crippen LogP contribution in [0.15, 0.2) is 47.5 Å². The summed E-state index contributed by atoms with van der Waals surface area (Å²) in [5.74, 6) is -0.756. The molecule has 0 unspecified atom stereocenters. The highest BCUT2D eigenvalue weighted by Gasteiger charge is 2.30. The number of nitrogens with zero attached hydrogens (tertiary/aromatic N) is 1. The lowest BCUT2D eigenvalue weighted by Crippen LogP contribution is -2.45. The number of guanidine groups is 1. The zero-order valence-corrected chi connectivity index (χ0v) is 21.8. The first kappa shape index (κ1) is 26.9. The molecule has 1 fully saturated rings. The molecule has 37 heavy (non-hydrogen) atoms. The Bertz CT molecular complexity index is 1170. The minimum absolute atomic E-state index is 0.0182. The summed E-state index contributed by atoms with van der Waals surface area (Å²) in [5, 5.41) is 19.1. The second-order valence-electron chi connectivity index (χ2n) is 9.49. The van der Waals surface area contributed by atoms with Gasteiger partial charge in [-0.25, -0.2) is 4.79 Å². The van der Waals surface area contributed by atoms with Gasteiger partial charge in [0.15, 0.2) is 5.96 Å². The van der Waals surface area contributed by atoms with Crippen molar-refractivity contribution in [1.82, 2.24) is 16.0 Å². The predicted octanol–water partition coefficient (Wildman–Crippen LogP) is 3.64. The topological polar surface area (TPSA) is 120 Å². The Kier molecular flexibility index (Phi) is 9.05. The third-order valence-corrected chi connectivity index (χ3v) is 7.39. The molecular formula is C27H30Cl2N4O4. The number of carboxylic acids is 1. The number of rotatable bonds is 9. The van der Waals surface area contributed by atoms with Gasteiger partial charge in [0.05, 0.1) is 15.6 Å². The lowest BCUT2D eigenvalue weighted by atomic mass is 9.95. The summed E-state index contributed by atoms with van der Waals surface area (Å²) >= 11 is 12.1. The van der Waals surface area contributed by atoms with Crippen LogP contribution >= 0.6 is 23.2 Å². The highest BCUT2D eigenvalue weighted by molar-refractivity contribution is 6.39. The molecule has 2 aliphatic rings. The van der Waals surface area contributed by atoms with Crippen molar-refractivity contribution >= 4 is 46.8 Å². The number of carbonyl (C=O) groups is 3. The highest BCUT2D eigenvalue weighted by Crippen LogP contribution is 2.28. The quantitative estimate of drug-likeness (QED) is 0.382. The van der Waals surface area contributed by atoms with Crippen LogP contribution in [0.2, 0.25) is 10.0 Å². The lowest BCUT2D eigenvalue weighted by molar-refractivity contribution is -0.139. The van der Waals surface area contributed by atoms with Gasteiger partial charge in [0.2, 0.25) is 0 Å². The van der Waals surface area contributed by atoms with E-state index in [2.05, 4.69) is 20.9 Å². The minimum atomic E-state index is -1.17. The molecule has 1 saturated carbocycles. The Morgan fingerprint density at radius 2 is 1.76 bits per heavy atom. The van der Waals surface area contributed by atoms with Crippen molar-refractivity contribution in [2.75, 3.05) is 13.1 Å². The number of ketones is 1. The second-order valence-corrected chi connectivity index (χ2v) is 10.3. The number of Topliss-reactive ketones (excluding diaryl/α,β-unsaturated/α-hetero) is 1. The number of halogens is 2. The molecule has 10 heteroatoms. The van der Waals surface area contributed by atoms with Crippen LogP contribution in [0.5, 0.6) is 0 Å². The summed E-state index contributed by atoms with van der Waals surface area (Å²) in [6, 6.07) is 11.0. The summed E-state index contributed by atoms with van der Waals surface area (Å²) in [4.78, 5) is 41.8. The van der Waals surface area contributed by atoms with Gasteiger partial charge in [-0.1, -0.05) is 53.5 Å². The van der Waals surface area contributed by atoms with Gasteiger partial charge in [0.25, 0.3) is 5.91 Å². The van der Waals surface area contributed by atoms with E-state index in [9.17, 15) is 19.5 Å². The largest absolute Gasteiger partial charge is 0.480 e. The average molecular weight is 545 g/mol. The van der Waals surface area contributed by atoms with Gasteiger partial charge in [-0.3, -0.25) is 14.6 Å². The van der Waals surface area contributed by atoms with E-state index in [0.29, 0.717) is 6.42 Å². The maximum Gasteiger partial charge on any atom is 0.326 e. The number of amides is 1. The van der Waals surface area contributed by atoms with Crippen LogP contribution in [0.3, 0.4) is 0 Å². The van der Waals surface area contributed by atoms with Crippen molar-refractivity contribution in [3.8, 4) is 0 Å². The van der Waals surface area contributed by atoms with E-state index >= 15 is 0 Å². The van der Waals surface area contributed by atoms with Gasteiger partial charge in [0.1, 0.15) is 11.8 Å². The van der Waals surface area contributed by atoms with Crippen LogP contribution in [0, 0.1) is 5.92 Å². The van der Waals surface area contributed by atoms with E-state index in [0.717, 1.165) is 55.9 Å². The fraction of sp³-hybridized carbons (Fsp3) is 0.407. The van der Waals surface area contributed by atoms with Gasteiger partial charge in [-0.05, 0) is 48.9 Å². The van der Waals surface area contributed by atoms with Crippen molar-refractivity contribution in [3.05, 3.63) is 69.2 Å². The number of benzene rings is 2. The number of nitrogens with one attached hydrogen (secondary N) is 3. The Morgan fingerprint density at radius 1 is 1.05 bits per heavy atom. The molecule has 1 aliphatic heterocycles. The van der Waals surface area contributed by atoms with Gasteiger partial charge in [-0.15, -0.1) is 0 Å². The zero-order valence-electron chi connectivity index (χ0n) is 20.3. The Labute approximate surface area is 225 Å². The third-order valence-electron chi connectivity index (χ3n) is 6.76. The number of aliphatic carboxylic acids is 1. The number of carbonyl (C=O) groups excluding carboxylic acids is 2. The molecule has 8 nitrogen and oxygen atoms in total. The summed E-state index contributed by atoms with van der Waals surface area (Å²) in [7, 11) is 0. The standard InChI is InChI=1S/C27H30Cl2N4O4/c28-20-3-1-4-21(29)24(20)25(35)33-22(26(36)37)13-16-5-7-17(8-6-16)14-23(34)18-9-10-19(15-18)32-27-30-11-2-12-31-27/h1,3-8,18-19,22H,2,9-15H2,(H,33,35)(H,36,37)(H2,30,31,32)/t18-,19+,22+/m1/s1. The molecule has 2 aromatic carbocycles. The van der Waals surface area contributed by atoms with Gasteiger partial charge in [-0.2, -0.15) is 0 Å². The predicted molar refractivity (Wildman–Crippen MR) is 143 cm³/mol. The van der Waals surface area contributed by atoms with E-state index in [4.69, 9.17) is 23.2 Å². The number of hydrogen-bond acceptors (Lipinski definition) is 6. The van der Waals surface area contributed by atoms with E-state index in [1.165, 1.54) is 12.1 Å². The SMILES string of the molecule is O=C(N[C@@H](Cc1ccc(CC(=O)[C@@H]2CC[C@H](NC3=NCCCN3)C2)cc1)C(=O)O)c1c(Cl)cccc1Cl. The molecule has 4 rings (SSSR count). The molecule has 1 heterocycles. The first-order chi connectivity index (χ1) is 17.8. The van der Waals surface area contributed by atoms with E-state index in [1.54, 1.807) is 18.2 Å². The number of carboxylic acid groups (broad SMARTS) is 1. The van der Waals surface area contributed by atoms with E-state index in [-0.39, 0.29) is 39.8 Å². The molecule has 1 aliphatic carbocycles. The van der Waals surface area contributed by atoms with Crippen molar-refractivity contribution in [2.45, 2.75) is 50.6 Å². The third kappa shape index (κ3) is 7.23. The summed E-state index contributed by atoms with van der Waals surface area (Å²) in [6.07, 6.45) is 4.05. The molecule has 1 amide bonds. The molecular weight excluding hydrogens is 515 g/mol. The number of aliphatic imine (C=N–C) groups is 1. The van der Waals surface area contributed by atoms with Crippen LogP contribution < -0.4 is 16.0 Å². The average Bonchev–Trinajstić information content (AvgIpc) is 3.34. The fourth-order valence-electron chi connectivity index (χ4n) is 4.75. The maximum atomic E-state index is 12.9. The normalized spacial score (nSPS) is 19.9. The minimum Gasteiger partial charge on any atom is -0.480 e. The second kappa shape index (κ2) is 12.4. The lowest BCUT2D eigenvalue weighted by Gasteiger charge is -2.20. The van der Waals surface area contributed by atoms with Crippen LogP contribution in [-0.2, 0) is 22.4 Å². The molecule has 0 saturated heterocycles. The first-order valence-corrected chi connectivity index (χ1v) is 13.2. The van der Waals surface area contributed by atoms with Crippen molar-refractivity contribution in [2.24, 2.45) is 10.9 Å². The molecule has 196 valence electrons. The van der Waals surface area contributed by atoms with Crippen molar-refractivity contribution < 1.29 is 19.5 Å². The molecule has 0 aromatic heterocycles. The Morgan fingerprint density at radius 3 is 2.41 bits per heavy atom. The number of hydrogen-bond donors (Lipinski definition) is 4. The smallest absolute Gasteiger partial charge is 0.326 e. The Balaban J connectivity index is 1.30. The van der Waals surface area contributed by atoms with E-state index in [1.807, 2.05) is 12.1 Å². The van der Waals surface area contributed by atoms with Gasteiger partial charge < -0.3 is 21.1 Å². The van der Waals surface area contributed by atoms with E-state index < -0.39 is 17.9 Å². The Hall–Kier alpha value is -3.10. The molecule has 2 aromatic rings. The highest BCUT2D eigenvalue weighted by atomic mass is 35.5. The maximum absolute atomic E-state index is 12.9. The molecule has 3 atom stereocenters. The van der Waals surface area contributed by atoms with Gasteiger partial charge in [0, 0.05) is 37.9 Å². The first-order valence-electron chi connectivity index (χ1n) is 12.4. The summed E-state index contributed by atoms with van der Waals surface area (Å²) in [5.41, 5.74) is 1.64. The van der Waals surface area contributed by atoms with Crippen molar-refractivity contribution in [1.29, 1.82) is 0 Å². The fourth-order valence-corrected chi connectivity index (χ4v) is 5.32. The van der Waals surface area contributed by atoms with Crippen LogP contribution in [0.1, 0.15) is 47.2 Å². The zero-order chi connectivity index (χ0) is 26.4. The summed E-state index contributed by atoms with van der Waals surface area (Å²) < 4.78 is 0. The van der Waals surface area contributed by atoms with Gasteiger partial charge >= 0.3 is 5.97 Å². The molecule has 0 spiro atoms. The van der Waals surface area contributed by atoms with Crippen LogP contribution in [0.4, 0.5) is 0 Å². The monoisotopic (exact) mass is 544 g/mol. The van der Waals surface area contributed by atoms with Crippen LogP contribution in [-0.4, -0.2) is 53.9 Å². The van der Waals surface area contributed by atoms with Crippen molar-refractivity contribution in [3.63, 3.8) is 0 Å². The van der Waals surface area contributed by atoms with Crippen LogP contribution in [0.25, 0.3) is 0 Å². The molecule has 0 bridgehead atoms. The molecule has 4 N–H and O–H groups in total. The molecule has 0 radical (unpaired) electrons. The summed E-state index contributed by atoms with van der Waals surface area (Å²) in [6.45, 7) is 1.75.